The molecule has 0 aliphatic rings. The second kappa shape index (κ2) is 6.14. The molecule has 8 heteroatoms. The lowest BCUT2D eigenvalue weighted by molar-refractivity contribution is -0.742. The van der Waals surface area contributed by atoms with Gasteiger partial charge in [-0.25, -0.2) is 15.0 Å². The fourth-order valence-corrected chi connectivity index (χ4v) is 2.19. The third-order valence-electron chi connectivity index (χ3n) is 2.58. The SMILES string of the molecule is O=C(C[n+]1ccc(-c2ncccn2)cn1)Nc1nccs1. The molecule has 0 fully saturated rings. The molecule has 3 aromatic heterocycles. The lowest BCUT2D eigenvalue weighted by atomic mass is 10.3. The monoisotopic (exact) mass is 299 g/mol. The fourth-order valence-electron chi connectivity index (χ4n) is 1.65. The fraction of sp³-hybridized carbons (Fsp3) is 0.0769. The Kier molecular flexibility index (Phi) is 3.88. The maximum Gasteiger partial charge on any atom is 0.294 e. The van der Waals surface area contributed by atoms with Gasteiger partial charge in [0.2, 0.25) is 0 Å². The number of thiazole rings is 1. The Labute approximate surface area is 124 Å². The van der Waals surface area contributed by atoms with E-state index in [0.29, 0.717) is 11.0 Å². The van der Waals surface area contributed by atoms with Crippen molar-refractivity contribution in [2.75, 3.05) is 5.32 Å². The molecule has 0 atom stereocenters. The van der Waals surface area contributed by atoms with E-state index in [9.17, 15) is 4.79 Å². The average Bonchev–Trinajstić information content (AvgIpc) is 3.02. The van der Waals surface area contributed by atoms with E-state index in [2.05, 4.69) is 25.4 Å². The molecule has 0 saturated carbocycles. The van der Waals surface area contributed by atoms with E-state index in [1.807, 2.05) is 6.07 Å². The second-order valence-corrected chi connectivity index (χ2v) is 4.97. The van der Waals surface area contributed by atoms with E-state index in [-0.39, 0.29) is 12.5 Å². The van der Waals surface area contributed by atoms with E-state index in [4.69, 9.17) is 0 Å². The third kappa shape index (κ3) is 3.42. The molecule has 0 aliphatic carbocycles. The van der Waals surface area contributed by atoms with Gasteiger partial charge < -0.3 is 0 Å². The van der Waals surface area contributed by atoms with Crippen molar-refractivity contribution in [2.45, 2.75) is 6.54 Å². The Morgan fingerprint density at radius 1 is 1.24 bits per heavy atom. The summed E-state index contributed by atoms with van der Waals surface area (Å²) in [5.41, 5.74) is 0.798. The number of carbonyl (C=O) groups is 1. The molecule has 0 unspecified atom stereocenters. The van der Waals surface area contributed by atoms with Crippen LogP contribution in [0.15, 0.2) is 48.5 Å². The van der Waals surface area contributed by atoms with Crippen molar-refractivity contribution in [3.8, 4) is 11.4 Å². The van der Waals surface area contributed by atoms with Gasteiger partial charge in [0.05, 0.1) is 0 Å². The molecule has 0 spiro atoms. The van der Waals surface area contributed by atoms with E-state index in [0.717, 1.165) is 5.56 Å². The second-order valence-electron chi connectivity index (χ2n) is 4.07. The first-order chi connectivity index (χ1) is 10.3. The smallest absolute Gasteiger partial charge is 0.294 e. The Morgan fingerprint density at radius 2 is 2.10 bits per heavy atom. The lowest BCUT2D eigenvalue weighted by Crippen LogP contribution is -2.43. The summed E-state index contributed by atoms with van der Waals surface area (Å²) in [6.45, 7) is 0.121. The van der Waals surface area contributed by atoms with Crippen LogP contribution in [-0.4, -0.2) is 26.0 Å². The highest BCUT2D eigenvalue weighted by Gasteiger charge is 2.13. The first-order valence-electron chi connectivity index (χ1n) is 6.14. The maximum absolute atomic E-state index is 11.8. The molecule has 3 heterocycles. The van der Waals surface area contributed by atoms with E-state index in [1.165, 1.54) is 16.0 Å². The standard InChI is InChI=1S/C13H10N6OS/c20-11(18-13-16-5-7-21-13)9-19-6-2-10(8-17-19)12-14-3-1-4-15-12/h1-8H,9H2/p+1. The van der Waals surface area contributed by atoms with Crippen LogP contribution in [0.5, 0.6) is 0 Å². The average molecular weight is 299 g/mol. The van der Waals surface area contributed by atoms with Gasteiger partial charge in [-0.1, -0.05) is 4.68 Å². The summed E-state index contributed by atoms with van der Waals surface area (Å²) < 4.78 is 1.54. The normalized spacial score (nSPS) is 10.3. The topological polar surface area (TPSA) is 84.5 Å². The van der Waals surface area contributed by atoms with Crippen molar-refractivity contribution in [1.29, 1.82) is 0 Å². The molecule has 0 radical (unpaired) electrons. The zero-order valence-electron chi connectivity index (χ0n) is 10.9. The number of hydrogen-bond acceptors (Lipinski definition) is 6. The van der Waals surface area contributed by atoms with Gasteiger partial charge in [0.25, 0.3) is 12.5 Å². The van der Waals surface area contributed by atoms with Crippen LogP contribution < -0.4 is 10.00 Å². The maximum atomic E-state index is 11.8. The molecular weight excluding hydrogens is 288 g/mol. The highest BCUT2D eigenvalue weighted by atomic mass is 32.1. The van der Waals surface area contributed by atoms with Crippen molar-refractivity contribution in [3.63, 3.8) is 0 Å². The molecule has 1 N–H and O–H groups in total. The molecule has 3 aromatic rings. The van der Waals surface area contributed by atoms with Crippen molar-refractivity contribution in [2.24, 2.45) is 0 Å². The number of nitrogens with one attached hydrogen (secondary N) is 1. The van der Waals surface area contributed by atoms with E-state index >= 15 is 0 Å². The quantitative estimate of drug-likeness (QED) is 0.724. The molecule has 3 rings (SSSR count). The van der Waals surface area contributed by atoms with Crippen LogP contribution in [0.3, 0.4) is 0 Å². The Bertz CT molecular complexity index is 714. The van der Waals surface area contributed by atoms with Crippen LogP contribution in [0, 0.1) is 0 Å². The summed E-state index contributed by atoms with van der Waals surface area (Å²) in [6, 6.07) is 3.57. The van der Waals surface area contributed by atoms with Crippen molar-refractivity contribution >= 4 is 22.4 Å². The molecular formula is C13H11N6OS+. The summed E-state index contributed by atoms with van der Waals surface area (Å²) in [6.07, 6.45) is 8.33. The summed E-state index contributed by atoms with van der Waals surface area (Å²) in [7, 11) is 0. The van der Waals surface area contributed by atoms with Crippen molar-refractivity contribution < 1.29 is 9.48 Å². The van der Waals surface area contributed by atoms with Gasteiger partial charge in [-0.15, -0.1) is 11.3 Å². The minimum Gasteiger partial charge on any atom is -0.296 e. The van der Waals surface area contributed by atoms with Gasteiger partial charge >= 0.3 is 0 Å². The van der Waals surface area contributed by atoms with Crippen LogP contribution >= 0.6 is 11.3 Å². The number of carbonyl (C=O) groups excluding carboxylic acids is 1. The Morgan fingerprint density at radius 3 is 2.76 bits per heavy atom. The summed E-state index contributed by atoms with van der Waals surface area (Å²) in [4.78, 5) is 24.1. The molecule has 0 aliphatic heterocycles. The largest absolute Gasteiger partial charge is 0.296 e. The van der Waals surface area contributed by atoms with E-state index in [1.54, 1.807) is 42.4 Å². The Hall–Kier alpha value is -2.74. The third-order valence-corrected chi connectivity index (χ3v) is 3.27. The predicted molar refractivity (Wildman–Crippen MR) is 76.2 cm³/mol. The van der Waals surface area contributed by atoms with Crippen LogP contribution in [0.4, 0.5) is 5.13 Å². The summed E-state index contributed by atoms with van der Waals surface area (Å²) >= 11 is 1.37. The highest BCUT2D eigenvalue weighted by Crippen LogP contribution is 2.10. The molecule has 7 nitrogen and oxygen atoms in total. The molecule has 0 aromatic carbocycles. The summed E-state index contributed by atoms with van der Waals surface area (Å²) in [5.74, 6) is 0.426. The zero-order chi connectivity index (χ0) is 14.5. The van der Waals surface area contributed by atoms with Crippen LogP contribution in [-0.2, 0) is 11.3 Å². The predicted octanol–water partition coefficient (Wildman–Crippen LogP) is 0.921. The number of rotatable bonds is 4. The zero-order valence-corrected chi connectivity index (χ0v) is 11.7. The van der Waals surface area contributed by atoms with Crippen LogP contribution in [0.25, 0.3) is 11.4 Å². The Balaban J connectivity index is 1.66. The minimum absolute atomic E-state index is 0.121. The number of hydrogen-bond donors (Lipinski definition) is 1. The van der Waals surface area contributed by atoms with Crippen LogP contribution in [0.1, 0.15) is 0 Å². The van der Waals surface area contributed by atoms with Crippen LogP contribution in [0.2, 0.25) is 0 Å². The summed E-state index contributed by atoms with van der Waals surface area (Å²) in [5, 5.41) is 9.26. The number of aromatic nitrogens is 5. The molecule has 21 heavy (non-hydrogen) atoms. The molecule has 1 amide bonds. The number of nitrogens with zero attached hydrogens (tertiary/aromatic N) is 5. The minimum atomic E-state index is -0.175. The van der Waals surface area contributed by atoms with Gasteiger partial charge in [0, 0.05) is 35.6 Å². The highest BCUT2D eigenvalue weighted by molar-refractivity contribution is 7.13. The first kappa shape index (κ1) is 13.3. The number of amides is 1. The van der Waals surface area contributed by atoms with E-state index < -0.39 is 0 Å². The van der Waals surface area contributed by atoms with Gasteiger partial charge in [0.1, 0.15) is 6.20 Å². The number of anilines is 1. The molecule has 104 valence electrons. The van der Waals surface area contributed by atoms with Gasteiger partial charge in [0.15, 0.2) is 17.2 Å². The lowest BCUT2D eigenvalue weighted by Gasteiger charge is -1.98. The van der Waals surface area contributed by atoms with Gasteiger partial charge in [-0.2, -0.15) is 0 Å². The van der Waals surface area contributed by atoms with Gasteiger partial charge in [-0.05, 0) is 11.2 Å². The van der Waals surface area contributed by atoms with Crippen molar-refractivity contribution in [3.05, 3.63) is 48.5 Å². The van der Waals surface area contributed by atoms with Gasteiger partial charge in [-0.3, -0.25) is 10.1 Å². The molecule has 0 bridgehead atoms. The van der Waals surface area contributed by atoms with Crippen molar-refractivity contribution in [1.82, 2.24) is 20.1 Å². The first-order valence-corrected chi connectivity index (χ1v) is 7.02. The molecule has 0 saturated heterocycles.